The van der Waals surface area contributed by atoms with Crippen molar-refractivity contribution >= 4 is 0 Å². The molecule has 0 saturated heterocycles. The Balaban J connectivity index is 1.84. The highest BCUT2D eigenvalue weighted by atomic mass is 14.6. The number of nitrogens with two attached hydrogens (primary N) is 1. The summed E-state index contributed by atoms with van der Waals surface area (Å²) in [4.78, 5) is 0. The molecule has 1 heteroatoms. The molecule has 0 radical (unpaired) electrons. The molecular formula is C14H25N. The fourth-order valence-corrected chi connectivity index (χ4v) is 3.42. The Morgan fingerprint density at radius 3 is 2.60 bits per heavy atom. The van der Waals surface area contributed by atoms with Crippen LogP contribution >= 0.6 is 0 Å². The lowest BCUT2D eigenvalue weighted by atomic mass is 9.82. The first-order valence-electron chi connectivity index (χ1n) is 6.75. The van der Waals surface area contributed by atoms with Gasteiger partial charge in [-0.1, -0.05) is 12.2 Å². The van der Waals surface area contributed by atoms with Crippen molar-refractivity contribution in [1.82, 2.24) is 0 Å². The summed E-state index contributed by atoms with van der Waals surface area (Å²) in [6.45, 7) is 0.920. The third kappa shape index (κ3) is 3.07. The van der Waals surface area contributed by atoms with Gasteiger partial charge in [0.15, 0.2) is 0 Å². The quantitative estimate of drug-likeness (QED) is 0.689. The second-order valence-corrected chi connectivity index (χ2v) is 5.41. The van der Waals surface area contributed by atoms with Crippen molar-refractivity contribution in [2.24, 2.45) is 23.5 Å². The van der Waals surface area contributed by atoms with Crippen LogP contribution in [0.2, 0.25) is 0 Å². The molecule has 0 aromatic rings. The predicted molar refractivity (Wildman–Crippen MR) is 65.6 cm³/mol. The van der Waals surface area contributed by atoms with Crippen molar-refractivity contribution < 1.29 is 0 Å². The van der Waals surface area contributed by atoms with Crippen LogP contribution in [0.1, 0.15) is 51.4 Å². The van der Waals surface area contributed by atoms with Crippen LogP contribution in [-0.4, -0.2) is 6.54 Å². The van der Waals surface area contributed by atoms with Gasteiger partial charge in [-0.3, -0.25) is 0 Å². The maximum atomic E-state index is 5.77. The summed E-state index contributed by atoms with van der Waals surface area (Å²) >= 11 is 0. The first-order chi connectivity index (χ1) is 7.40. The molecule has 0 heterocycles. The summed E-state index contributed by atoms with van der Waals surface area (Å²) < 4.78 is 0. The van der Waals surface area contributed by atoms with E-state index in [-0.39, 0.29) is 0 Å². The van der Waals surface area contributed by atoms with E-state index in [1.54, 1.807) is 0 Å². The van der Waals surface area contributed by atoms with E-state index in [1.807, 2.05) is 0 Å². The van der Waals surface area contributed by atoms with Crippen LogP contribution in [0.3, 0.4) is 0 Å². The Morgan fingerprint density at radius 2 is 1.80 bits per heavy atom. The molecule has 2 N–H and O–H groups in total. The summed E-state index contributed by atoms with van der Waals surface area (Å²) in [7, 11) is 0. The Labute approximate surface area is 94.1 Å². The van der Waals surface area contributed by atoms with Gasteiger partial charge in [0, 0.05) is 0 Å². The highest BCUT2D eigenvalue weighted by Crippen LogP contribution is 2.39. The molecule has 2 rings (SSSR count). The van der Waals surface area contributed by atoms with Crippen LogP contribution in [0, 0.1) is 17.8 Å². The number of hydrogen-bond donors (Lipinski definition) is 1. The summed E-state index contributed by atoms with van der Waals surface area (Å²) in [5.74, 6) is 2.85. The molecule has 0 bridgehead atoms. The van der Waals surface area contributed by atoms with Crippen molar-refractivity contribution in [2.45, 2.75) is 51.4 Å². The Bertz CT molecular complexity index is 209. The van der Waals surface area contributed by atoms with Gasteiger partial charge < -0.3 is 5.73 Å². The van der Waals surface area contributed by atoms with Gasteiger partial charge in [0.2, 0.25) is 0 Å². The highest BCUT2D eigenvalue weighted by molar-refractivity contribution is 4.88. The molecule has 1 fully saturated rings. The van der Waals surface area contributed by atoms with Gasteiger partial charge in [-0.15, -0.1) is 0 Å². The SMILES string of the molecule is NCC1CCC(C2CC/C=C\CCC2)C1. The summed E-state index contributed by atoms with van der Waals surface area (Å²) in [5, 5.41) is 0. The largest absolute Gasteiger partial charge is 0.330 e. The Morgan fingerprint density at radius 1 is 0.933 bits per heavy atom. The van der Waals surface area contributed by atoms with Crippen molar-refractivity contribution in [3.63, 3.8) is 0 Å². The lowest BCUT2D eigenvalue weighted by Crippen LogP contribution is -2.15. The lowest BCUT2D eigenvalue weighted by molar-refractivity contribution is 0.285. The van der Waals surface area contributed by atoms with Gasteiger partial charge in [0.1, 0.15) is 0 Å². The molecule has 0 aromatic heterocycles. The molecule has 2 aliphatic carbocycles. The average Bonchev–Trinajstić information content (AvgIpc) is 2.65. The minimum absolute atomic E-state index is 0.844. The van der Waals surface area contributed by atoms with E-state index in [0.717, 1.165) is 24.3 Å². The lowest BCUT2D eigenvalue weighted by Gasteiger charge is -2.24. The molecule has 86 valence electrons. The van der Waals surface area contributed by atoms with Gasteiger partial charge in [-0.05, 0) is 75.7 Å². The van der Waals surface area contributed by atoms with E-state index in [4.69, 9.17) is 5.73 Å². The molecule has 0 amide bonds. The van der Waals surface area contributed by atoms with Gasteiger partial charge in [0.05, 0.1) is 0 Å². The third-order valence-electron chi connectivity index (χ3n) is 4.40. The van der Waals surface area contributed by atoms with Crippen LogP contribution in [0.4, 0.5) is 0 Å². The highest BCUT2D eigenvalue weighted by Gasteiger charge is 2.29. The second-order valence-electron chi connectivity index (χ2n) is 5.41. The topological polar surface area (TPSA) is 26.0 Å². The molecule has 3 unspecified atom stereocenters. The average molecular weight is 207 g/mol. The molecule has 0 spiro atoms. The van der Waals surface area contributed by atoms with Gasteiger partial charge in [-0.2, -0.15) is 0 Å². The van der Waals surface area contributed by atoms with E-state index in [0.29, 0.717) is 0 Å². The predicted octanol–water partition coefficient (Wildman–Crippen LogP) is 3.50. The van der Waals surface area contributed by atoms with E-state index in [2.05, 4.69) is 12.2 Å². The Kier molecular flexibility index (Phi) is 4.25. The van der Waals surface area contributed by atoms with Gasteiger partial charge in [0.25, 0.3) is 0 Å². The monoisotopic (exact) mass is 207 g/mol. The summed E-state index contributed by atoms with van der Waals surface area (Å²) in [6, 6.07) is 0. The fraction of sp³-hybridized carbons (Fsp3) is 0.857. The molecule has 1 nitrogen and oxygen atoms in total. The molecular weight excluding hydrogens is 182 g/mol. The minimum Gasteiger partial charge on any atom is -0.330 e. The number of hydrogen-bond acceptors (Lipinski definition) is 1. The smallest absolute Gasteiger partial charge is 0.00488 e. The van der Waals surface area contributed by atoms with Crippen LogP contribution in [-0.2, 0) is 0 Å². The van der Waals surface area contributed by atoms with Gasteiger partial charge >= 0.3 is 0 Å². The zero-order valence-electron chi connectivity index (χ0n) is 9.83. The van der Waals surface area contributed by atoms with Crippen LogP contribution < -0.4 is 5.73 Å². The molecule has 1 saturated carbocycles. The van der Waals surface area contributed by atoms with Crippen molar-refractivity contribution in [3.8, 4) is 0 Å². The third-order valence-corrected chi connectivity index (χ3v) is 4.40. The first-order valence-corrected chi connectivity index (χ1v) is 6.75. The maximum absolute atomic E-state index is 5.77. The minimum atomic E-state index is 0.844. The second kappa shape index (κ2) is 5.69. The van der Waals surface area contributed by atoms with E-state index in [1.165, 1.54) is 51.4 Å². The van der Waals surface area contributed by atoms with Crippen molar-refractivity contribution in [3.05, 3.63) is 12.2 Å². The molecule has 3 atom stereocenters. The fourth-order valence-electron chi connectivity index (χ4n) is 3.42. The van der Waals surface area contributed by atoms with Gasteiger partial charge in [-0.25, -0.2) is 0 Å². The van der Waals surface area contributed by atoms with Crippen molar-refractivity contribution in [2.75, 3.05) is 6.54 Å². The summed E-state index contributed by atoms with van der Waals surface area (Å²) in [5.41, 5.74) is 5.77. The molecule has 15 heavy (non-hydrogen) atoms. The van der Waals surface area contributed by atoms with Crippen LogP contribution in [0.25, 0.3) is 0 Å². The molecule has 2 aliphatic rings. The summed E-state index contributed by atoms with van der Waals surface area (Å²) in [6.07, 6.45) is 16.0. The van der Waals surface area contributed by atoms with Crippen LogP contribution in [0.15, 0.2) is 12.2 Å². The van der Waals surface area contributed by atoms with E-state index in [9.17, 15) is 0 Å². The Hall–Kier alpha value is -0.300. The number of rotatable bonds is 2. The number of allylic oxidation sites excluding steroid dienone is 2. The molecule has 0 aromatic carbocycles. The zero-order chi connectivity index (χ0) is 10.5. The van der Waals surface area contributed by atoms with Crippen molar-refractivity contribution in [1.29, 1.82) is 0 Å². The maximum Gasteiger partial charge on any atom is -0.00488 e. The zero-order valence-corrected chi connectivity index (χ0v) is 9.83. The molecule has 0 aliphatic heterocycles. The standard InChI is InChI=1S/C14H25N/c15-11-12-8-9-14(10-12)13-6-4-2-1-3-5-7-13/h1-2,12-14H,3-11,15H2/b2-1-. The normalized spacial score (nSPS) is 39.7. The van der Waals surface area contributed by atoms with E-state index >= 15 is 0 Å². The van der Waals surface area contributed by atoms with Crippen LogP contribution in [0.5, 0.6) is 0 Å². The van der Waals surface area contributed by atoms with E-state index < -0.39 is 0 Å². The first kappa shape index (κ1) is 11.2.